The van der Waals surface area contributed by atoms with Gasteiger partial charge in [-0.25, -0.2) is 0 Å². The summed E-state index contributed by atoms with van der Waals surface area (Å²) in [6.07, 6.45) is 3.69. The Kier molecular flexibility index (Phi) is 3.27. The maximum absolute atomic E-state index is 6.38. The number of benzene rings is 1. The Hall–Kier alpha value is -1.42. The number of nitrogens with zero attached hydrogens (tertiary/aromatic N) is 1. The fraction of sp³-hybridized carbons (Fsp3) is 0.133. The van der Waals surface area contributed by atoms with Gasteiger partial charge in [0.1, 0.15) is 0 Å². The molecule has 4 heteroatoms. The predicted octanol–water partition coefficient (Wildman–Crippen LogP) is 4.31. The van der Waals surface area contributed by atoms with Crippen molar-refractivity contribution in [2.45, 2.75) is 13.0 Å². The first kappa shape index (κ1) is 12.6. The van der Waals surface area contributed by atoms with Gasteiger partial charge in [-0.2, -0.15) is 0 Å². The van der Waals surface area contributed by atoms with E-state index in [1.165, 1.54) is 0 Å². The highest BCUT2D eigenvalue weighted by Crippen LogP contribution is 2.36. The molecule has 0 fully saturated rings. The molecule has 3 aromatic rings. The molecule has 0 aliphatic heterocycles. The summed E-state index contributed by atoms with van der Waals surface area (Å²) in [5.74, 6) is 0. The van der Waals surface area contributed by atoms with Crippen LogP contribution >= 0.6 is 22.9 Å². The number of nitrogens with two attached hydrogens (primary N) is 1. The van der Waals surface area contributed by atoms with Crippen LogP contribution in [0.25, 0.3) is 10.8 Å². The van der Waals surface area contributed by atoms with Gasteiger partial charge in [0.15, 0.2) is 0 Å². The SMILES string of the molecule is Cc1csc(C(N)c2cncc3ccccc23)c1Cl. The van der Waals surface area contributed by atoms with Crippen LogP contribution in [-0.4, -0.2) is 4.98 Å². The normalized spacial score (nSPS) is 12.8. The van der Waals surface area contributed by atoms with Gasteiger partial charge in [-0.15, -0.1) is 11.3 Å². The van der Waals surface area contributed by atoms with Crippen molar-refractivity contribution in [2.75, 3.05) is 0 Å². The first-order valence-corrected chi connectivity index (χ1v) is 7.26. The summed E-state index contributed by atoms with van der Waals surface area (Å²) in [6, 6.07) is 7.90. The Bertz CT molecular complexity index is 731. The van der Waals surface area contributed by atoms with Crippen LogP contribution in [0.3, 0.4) is 0 Å². The molecule has 2 heterocycles. The molecular weight excluding hydrogens is 276 g/mol. The maximum Gasteiger partial charge on any atom is 0.0682 e. The molecule has 0 amide bonds. The Morgan fingerprint density at radius 2 is 2.05 bits per heavy atom. The van der Waals surface area contributed by atoms with Crippen LogP contribution in [0.1, 0.15) is 22.0 Å². The smallest absolute Gasteiger partial charge is 0.0682 e. The fourth-order valence-corrected chi connectivity index (χ4v) is 3.52. The summed E-state index contributed by atoms with van der Waals surface area (Å²) in [6.45, 7) is 2.00. The molecule has 0 saturated heterocycles. The van der Waals surface area contributed by atoms with E-state index in [4.69, 9.17) is 17.3 Å². The highest BCUT2D eigenvalue weighted by Gasteiger charge is 2.18. The number of fused-ring (bicyclic) bond motifs is 1. The molecule has 96 valence electrons. The third-order valence-electron chi connectivity index (χ3n) is 3.24. The van der Waals surface area contributed by atoms with Crippen molar-refractivity contribution >= 4 is 33.7 Å². The van der Waals surface area contributed by atoms with E-state index in [1.54, 1.807) is 11.3 Å². The van der Waals surface area contributed by atoms with E-state index >= 15 is 0 Å². The van der Waals surface area contributed by atoms with E-state index in [-0.39, 0.29) is 6.04 Å². The molecule has 0 saturated carbocycles. The first-order chi connectivity index (χ1) is 9.18. The summed E-state index contributed by atoms with van der Waals surface area (Å²) in [7, 11) is 0. The van der Waals surface area contributed by atoms with Crippen LogP contribution in [0.5, 0.6) is 0 Å². The molecule has 19 heavy (non-hydrogen) atoms. The Balaban J connectivity index is 2.17. The largest absolute Gasteiger partial charge is 0.319 e. The zero-order valence-electron chi connectivity index (χ0n) is 10.4. The third-order valence-corrected chi connectivity index (χ3v) is 5.04. The van der Waals surface area contributed by atoms with Crippen LogP contribution in [0.4, 0.5) is 0 Å². The van der Waals surface area contributed by atoms with Gasteiger partial charge in [-0.3, -0.25) is 4.98 Å². The lowest BCUT2D eigenvalue weighted by Crippen LogP contribution is -2.11. The van der Waals surface area contributed by atoms with Crippen molar-refractivity contribution in [3.8, 4) is 0 Å². The molecule has 2 nitrogen and oxygen atoms in total. The van der Waals surface area contributed by atoms with Crippen molar-refractivity contribution in [2.24, 2.45) is 5.73 Å². The molecule has 1 atom stereocenters. The van der Waals surface area contributed by atoms with Crippen molar-refractivity contribution < 1.29 is 0 Å². The van der Waals surface area contributed by atoms with Crippen molar-refractivity contribution in [1.29, 1.82) is 0 Å². The Labute approximate surface area is 120 Å². The number of halogens is 1. The minimum absolute atomic E-state index is 0.232. The number of aromatic nitrogens is 1. The summed E-state index contributed by atoms with van der Waals surface area (Å²) in [5, 5.41) is 5.04. The molecular formula is C15H13ClN2S. The highest BCUT2D eigenvalue weighted by atomic mass is 35.5. The standard InChI is InChI=1S/C15H13ClN2S/c1-9-8-19-15(13(9)16)14(17)12-7-18-6-10-4-2-3-5-11(10)12/h2-8,14H,17H2,1H3. The molecule has 2 aromatic heterocycles. The van der Waals surface area contributed by atoms with Crippen molar-refractivity contribution in [3.63, 3.8) is 0 Å². The molecule has 0 aliphatic carbocycles. The van der Waals surface area contributed by atoms with E-state index < -0.39 is 0 Å². The minimum Gasteiger partial charge on any atom is -0.319 e. The fourth-order valence-electron chi connectivity index (χ4n) is 2.19. The lowest BCUT2D eigenvalue weighted by Gasteiger charge is -2.13. The van der Waals surface area contributed by atoms with Gasteiger partial charge in [-0.1, -0.05) is 35.9 Å². The number of thiophene rings is 1. The minimum atomic E-state index is -0.232. The zero-order chi connectivity index (χ0) is 13.4. The highest BCUT2D eigenvalue weighted by molar-refractivity contribution is 7.10. The van der Waals surface area contributed by atoms with E-state index in [1.807, 2.05) is 42.9 Å². The molecule has 0 bridgehead atoms. The number of pyridine rings is 1. The van der Waals surface area contributed by atoms with Gasteiger partial charge < -0.3 is 5.73 Å². The van der Waals surface area contributed by atoms with E-state index in [0.29, 0.717) is 0 Å². The third kappa shape index (κ3) is 2.14. The molecule has 1 aromatic carbocycles. The Morgan fingerprint density at radius 1 is 1.26 bits per heavy atom. The van der Waals surface area contributed by atoms with Crippen LogP contribution in [0.15, 0.2) is 42.0 Å². The second-order valence-electron chi connectivity index (χ2n) is 4.52. The Morgan fingerprint density at radius 3 is 2.79 bits per heavy atom. The first-order valence-electron chi connectivity index (χ1n) is 6.00. The summed E-state index contributed by atoms with van der Waals surface area (Å²) in [4.78, 5) is 5.27. The molecule has 0 spiro atoms. The molecule has 0 radical (unpaired) electrons. The molecule has 2 N–H and O–H groups in total. The van der Waals surface area contributed by atoms with Gasteiger partial charge in [0, 0.05) is 28.2 Å². The van der Waals surface area contributed by atoms with Gasteiger partial charge in [0.2, 0.25) is 0 Å². The summed E-state index contributed by atoms with van der Waals surface area (Å²) >= 11 is 7.92. The van der Waals surface area contributed by atoms with Crippen molar-refractivity contribution in [1.82, 2.24) is 4.98 Å². The average Bonchev–Trinajstić information content (AvgIpc) is 2.78. The van der Waals surface area contributed by atoms with Gasteiger partial charge >= 0.3 is 0 Å². The van der Waals surface area contributed by atoms with E-state index in [2.05, 4.69) is 11.1 Å². The number of hydrogen-bond donors (Lipinski definition) is 1. The number of rotatable bonds is 2. The van der Waals surface area contributed by atoms with E-state index in [9.17, 15) is 0 Å². The lowest BCUT2D eigenvalue weighted by molar-refractivity contribution is 0.895. The van der Waals surface area contributed by atoms with Crippen LogP contribution in [0.2, 0.25) is 5.02 Å². The summed E-state index contributed by atoms with van der Waals surface area (Å²) < 4.78 is 0. The van der Waals surface area contributed by atoms with Crippen LogP contribution in [-0.2, 0) is 0 Å². The van der Waals surface area contributed by atoms with Gasteiger partial charge in [-0.05, 0) is 23.3 Å². The maximum atomic E-state index is 6.38. The van der Waals surface area contributed by atoms with Gasteiger partial charge in [0.25, 0.3) is 0 Å². The summed E-state index contributed by atoms with van der Waals surface area (Å²) in [5.41, 5.74) is 8.47. The second kappa shape index (κ2) is 4.93. The molecule has 0 aliphatic rings. The average molecular weight is 289 g/mol. The zero-order valence-corrected chi connectivity index (χ0v) is 12.0. The number of aryl methyl sites for hydroxylation is 1. The quantitative estimate of drug-likeness (QED) is 0.763. The predicted molar refractivity (Wildman–Crippen MR) is 81.8 cm³/mol. The second-order valence-corrected chi connectivity index (χ2v) is 5.81. The van der Waals surface area contributed by atoms with Crippen LogP contribution < -0.4 is 5.73 Å². The molecule has 1 unspecified atom stereocenters. The topological polar surface area (TPSA) is 38.9 Å². The van der Waals surface area contributed by atoms with Crippen LogP contribution in [0, 0.1) is 6.92 Å². The molecule has 3 rings (SSSR count). The van der Waals surface area contributed by atoms with Gasteiger partial charge in [0.05, 0.1) is 11.1 Å². The lowest BCUT2D eigenvalue weighted by atomic mass is 10.0. The van der Waals surface area contributed by atoms with E-state index in [0.717, 1.165) is 31.8 Å². The van der Waals surface area contributed by atoms with Crippen molar-refractivity contribution in [3.05, 3.63) is 63.1 Å². The monoisotopic (exact) mass is 288 g/mol. The number of hydrogen-bond acceptors (Lipinski definition) is 3.